The molecule has 0 radical (unpaired) electrons. The molecular formula is C28H22N2O4. The third kappa shape index (κ3) is 5.02. The molecule has 0 aliphatic heterocycles. The lowest BCUT2D eigenvalue weighted by molar-refractivity contribution is 0.0996. The lowest BCUT2D eigenvalue weighted by Crippen LogP contribution is -2.17. The van der Waals surface area contributed by atoms with Gasteiger partial charge >= 0.3 is 0 Å². The molecule has 4 rings (SSSR count). The standard InChI is InChI=1S/C28H22N2O4/c1-34-25-14-8-7-13-24(25)30-27(32)20-15-17-21(18-16-20)29-28(33)23-12-6-5-11-22(23)26(31)19-9-3-2-4-10-19/h2-18H,1H3,(H,29,33)(H,30,32). The predicted octanol–water partition coefficient (Wildman–Crippen LogP) is 5.43. The number of ether oxygens (including phenoxy) is 1. The van der Waals surface area contributed by atoms with E-state index in [1.54, 1.807) is 91.0 Å². The zero-order valence-electron chi connectivity index (χ0n) is 18.4. The summed E-state index contributed by atoms with van der Waals surface area (Å²) in [6.07, 6.45) is 0. The highest BCUT2D eigenvalue weighted by Crippen LogP contribution is 2.24. The first-order valence-corrected chi connectivity index (χ1v) is 10.6. The van der Waals surface area contributed by atoms with Crippen LogP contribution in [0.25, 0.3) is 0 Å². The van der Waals surface area contributed by atoms with E-state index < -0.39 is 5.91 Å². The van der Waals surface area contributed by atoms with Crippen molar-refractivity contribution in [2.45, 2.75) is 0 Å². The van der Waals surface area contributed by atoms with E-state index in [2.05, 4.69) is 10.6 Å². The van der Waals surface area contributed by atoms with Crippen LogP contribution in [0.1, 0.15) is 36.6 Å². The summed E-state index contributed by atoms with van der Waals surface area (Å²) in [7, 11) is 1.54. The number of hydrogen-bond donors (Lipinski definition) is 2. The van der Waals surface area contributed by atoms with Gasteiger partial charge < -0.3 is 15.4 Å². The fourth-order valence-corrected chi connectivity index (χ4v) is 3.47. The van der Waals surface area contributed by atoms with Crippen molar-refractivity contribution in [3.05, 3.63) is 125 Å². The first-order valence-electron chi connectivity index (χ1n) is 10.6. The lowest BCUT2D eigenvalue weighted by Gasteiger charge is -2.11. The van der Waals surface area contributed by atoms with E-state index in [-0.39, 0.29) is 17.3 Å². The van der Waals surface area contributed by atoms with Crippen molar-refractivity contribution in [1.29, 1.82) is 0 Å². The van der Waals surface area contributed by atoms with E-state index in [0.29, 0.717) is 33.8 Å². The van der Waals surface area contributed by atoms with E-state index in [0.717, 1.165) is 0 Å². The van der Waals surface area contributed by atoms with Crippen LogP contribution in [0.5, 0.6) is 5.75 Å². The van der Waals surface area contributed by atoms with Gasteiger partial charge in [-0.2, -0.15) is 0 Å². The molecule has 0 fully saturated rings. The number of methoxy groups -OCH3 is 1. The van der Waals surface area contributed by atoms with Crippen LogP contribution in [0, 0.1) is 0 Å². The Balaban J connectivity index is 1.48. The van der Waals surface area contributed by atoms with Crippen molar-refractivity contribution in [2.75, 3.05) is 17.7 Å². The molecule has 168 valence electrons. The maximum absolute atomic E-state index is 12.9. The Bertz CT molecular complexity index is 1330. The maximum atomic E-state index is 12.9. The Hall–Kier alpha value is -4.71. The molecule has 6 nitrogen and oxygen atoms in total. The second kappa shape index (κ2) is 10.3. The van der Waals surface area contributed by atoms with Crippen LogP contribution in [0.3, 0.4) is 0 Å². The van der Waals surface area contributed by atoms with E-state index in [1.807, 2.05) is 12.1 Å². The number of amides is 2. The average molecular weight is 450 g/mol. The minimum absolute atomic E-state index is 0.227. The zero-order chi connectivity index (χ0) is 23.9. The molecule has 0 unspecified atom stereocenters. The van der Waals surface area contributed by atoms with Crippen molar-refractivity contribution in [3.63, 3.8) is 0 Å². The van der Waals surface area contributed by atoms with Crippen LogP contribution in [0.15, 0.2) is 103 Å². The molecule has 0 atom stereocenters. The minimum Gasteiger partial charge on any atom is -0.495 e. The molecule has 4 aromatic carbocycles. The smallest absolute Gasteiger partial charge is 0.256 e. The summed E-state index contributed by atoms with van der Waals surface area (Å²) in [6, 6.07) is 29.1. The summed E-state index contributed by atoms with van der Waals surface area (Å²) >= 11 is 0. The zero-order valence-corrected chi connectivity index (χ0v) is 18.4. The van der Waals surface area contributed by atoms with Crippen LogP contribution in [0.2, 0.25) is 0 Å². The number of ketones is 1. The SMILES string of the molecule is COc1ccccc1NC(=O)c1ccc(NC(=O)c2ccccc2C(=O)c2ccccc2)cc1. The number of carbonyl (C=O) groups is 3. The van der Waals surface area contributed by atoms with E-state index in [9.17, 15) is 14.4 Å². The van der Waals surface area contributed by atoms with Gasteiger partial charge in [-0.15, -0.1) is 0 Å². The predicted molar refractivity (Wildman–Crippen MR) is 132 cm³/mol. The molecule has 6 heteroatoms. The van der Waals surface area contributed by atoms with Gasteiger partial charge in [-0.3, -0.25) is 14.4 Å². The van der Waals surface area contributed by atoms with Gasteiger partial charge in [0.15, 0.2) is 5.78 Å². The highest BCUT2D eigenvalue weighted by molar-refractivity contribution is 6.17. The summed E-state index contributed by atoms with van der Waals surface area (Å²) in [5.74, 6) is -0.384. The third-order valence-electron chi connectivity index (χ3n) is 5.21. The molecule has 34 heavy (non-hydrogen) atoms. The molecule has 2 N–H and O–H groups in total. The molecule has 0 aliphatic carbocycles. The van der Waals surface area contributed by atoms with Crippen LogP contribution in [0.4, 0.5) is 11.4 Å². The van der Waals surface area contributed by atoms with Crippen LogP contribution in [-0.4, -0.2) is 24.7 Å². The largest absolute Gasteiger partial charge is 0.495 e. The number of rotatable bonds is 7. The molecule has 0 heterocycles. The van der Waals surface area contributed by atoms with E-state index in [4.69, 9.17) is 4.74 Å². The number of carbonyl (C=O) groups excluding carboxylic acids is 3. The van der Waals surface area contributed by atoms with Gasteiger partial charge in [0.1, 0.15) is 5.75 Å². The third-order valence-corrected chi connectivity index (χ3v) is 5.21. The Morgan fingerprint density at radius 2 is 1.21 bits per heavy atom. The van der Waals surface area contributed by atoms with Gasteiger partial charge in [0, 0.05) is 22.4 Å². The number of nitrogens with one attached hydrogen (secondary N) is 2. The van der Waals surface area contributed by atoms with Crippen molar-refractivity contribution < 1.29 is 19.1 Å². The van der Waals surface area contributed by atoms with Crippen molar-refractivity contribution in [2.24, 2.45) is 0 Å². The minimum atomic E-state index is -0.411. The molecule has 0 saturated heterocycles. The number of para-hydroxylation sites is 2. The molecule has 0 aromatic heterocycles. The first kappa shape index (κ1) is 22.5. The lowest BCUT2D eigenvalue weighted by atomic mass is 9.98. The van der Waals surface area contributed by atoms with Crippen molar-refractivity contribution in [3.8, 4) is 5.75 Å². The highest BCUT2D eigenvalue weighted by atomic mass is 16.5. The average Bonchev–Trinajstić information content (AvgIpc) is 2.89. The normalized spacial score (nSPS) is 10.3. The molecular weight excluding hydrogens is 428 g/mol. The maximum Gasteiger partial charge on any atom is 0.256 e. The van der Waals surface area contributed by atoms with Crippen LogP contribution < -0.4 is 15.4 Å². The van der Waals surface area contributed by atoms with Gasteiger partial charge in [0.25, 0.3) is 11.8 Å². The fourth-order valence-electron chi connectivity index (χ4n) is 3.47. The molecule has 0 bridgehead atoms. The molecule has 0 aliphatic rings. The number of hydrogen-bond acceptors (Lipinski definition) is 4. The monoisotopic (exact) mass is 450 g/mol. The van der Waals surface area contributed by atoms with Gasteiger partial charge in [-0.25, -0.2) is 0 Å². The molecule has 2 amide bonds. The molecule has 0 spiro atoms. The van der Waals surface area contributed by atoms with Gasteiger partial charge in [-0.1, -0.05) is 60.7 Å². The first-order chi connectivity index (χ1) is 16.6. The van der Waals surface area contributed by atoms with E-state index >= 15 is 0 Å². The Morgan fingerprint density at radius 1 is 0.588 bits per heavy atom. The summed E-state index contributed by atoms with van der Waals surface area (Å²) in [4.78, 5) is 38.5. The highest BCUT2D eigenvalue weighted by Gasteiger charge is 2.18. The Labute approximate surface area is 197 Å². The van der Waals surface area contributed by atoms with Crippen molar-refractivity contribution in [1.82, 2.24) is 0 Å². The van der Waals surface area contributed by atoms with Gasteiger partial charge in [-0.05, 0) is 42.5 Å². The second-order valence-corrected chi connectivity index (χ2v) is 7.43. The number of anilines is 2. The van der Waals surface area contributed by atoms with Crippen LogP contribution in [-0.2, 0) is 0 Å². The molecule has 0 saturated carbocycles. The Morgan fingerprint density at radius 3 is 1.91 bits per heavy atom. The number of benzene rings is 4. The summed E-state index contributed by atoms with van der Waals surface area (Å²) in [5, 5.41) is 5.61. The van der Waals surface area contributed by atoms with Crippen molar-refractivity contribution >= 4 is 29.0 Å². The van der Waals surface area contributed by atoms with E-state index in [1.165, 1.54) is 7.11 Å². The topological polar surface area (TPSA) is 84.5 Å². The summed E-state index contributed by atoms with van der Waals surface area (Å²) in [6.45, 7) is 0. The van der Waals surface area contributed by atoms with Crippen LogP contribution >= 0.6 is 0 Å². The second-order valence-electron chi connectivity index (χ2n) is 7.43. The Kier molecular flexibility index (Phi) is 6.79. The van der Waals surface area contributed by atoms with Gasteiger partial charge in [0.05, 0.1) is 18.4 Å². The fraction of sp³-hybridized carbons (Fsp3) is 0.0357. The molecule has 4 aromatic rings. The van der Waals surface area contributed by atoms with Gasteiger partial charge in [0.2, 0.25) is 0 Å². The summed E-state index contributed by atoms with van der Waals surface area (Å²) < 4.78 is 5.26. The summed E-state index contributed by atoms with van der Waals surface area (Å²) in [5.41, 5.74) is 2.58. The quantitative estimate of drug-likeness (QED) is 0.368.